The molecule has 0 saturated carbocycles. The molecule has 1 aromatic heterocycles. The van der Waals surface area contributed by atoms with Gasteiger partial charge >= 0.3 is 5.63 Å². The van der Waals surface area contributed by atoms with Crippen molar-refractivity contribution in [3.8, 4) is 5.75 Å². The second-order valence-electron chi connectivity index (χ2n) is 7.42. The fraction of sp³-hybridized carbons (Fsp3) is 0.375. The van der Waals surface area contributed by atoms with Crippen LogP contribution in [0.4, 0.5) is 0 Å². The van der Waals surface area contributed by atoms with Gasteiger partial charge in [0.2, 0.25) is 0 Å². The molecular weight excluding hydrogens is 352 g/mol. The number of ether oxygens (including phenoxy) is 1. The van der Waals surface area contributed by atoms with Gasteiger partial charge < -0.3 is 14.3 Å². The first-order valence-corrected chi connectivity index (χ1v) is 9.64. The standard InChI is InChI=1S/C24H30O4/c1-17(2)14-21(25)15-19(4)7-5-6-18(3)12-13-27-22-10-8-20-9-11-24(26)28-23(20)16-22/h7-12,14,16,21,25H,5-6,13,15H2,1-4H3/b18-12+,19-7+. The molecule has 0 saturated heterocycles. The van der Waals surface area contributed by atoms with E-state index in [-0.39, 0.29) is 5.63 Å². The van der Waals surface area contributed by atoms with E-state index in [4.69, 9.17) is 9.15 Å². The van der Waals surface area contributed by atoms with Crippen LogP contribution in [0.1, 0.15) is 47.0 Å². The van der Waals surface area contributed by atoms with Gasteiger partial charge in [0.15, 0.2) is 0 Å². The van der Waals surface area contributed by atoms with Crippen LogP contribution in [0.2, 0.25) is 0 Å². The van der Waals surface area contributed by atoms with E-state index in [1.165, 1.54) is 17.2 Å². The normalized spacial score (nSPS) is 13.5. The lowest BCUT2D eigenvalue weighted by molar-refractivity contribution is 0.222. The zero-order valence-corrected chi connectivity index (χ0v) is 17.2. The molecule has 4 nitrogen and oxygen atoms in total. The SMILES string of the molecule is CC(C)=CC(O)C/C(C)=C/CC/C(C)=C/COc1ccc2ccc(=O)oc2c1. The monoisotopic (exact) mass is 382 g/mol. The molecule has 28 heavy (non-hydrogen) atoms. The van der Waals surface area contributed by atoms with E-state index in [0.717, 1.165) is 23.8 Å². The highest BCUT2D eigenvalue weighted by Crippen LogP contribution is 2.19. The van der Waals surface area contributed by atoms with Crippen molar-refractivity contribution < 1.29 is 14.3 Å². The molecule has 1 N–H and O–H groups in total. The van der Waals surface area contributed by atoms with E-state index in [1.807, 2.05) is 32.1 Å². The van der Waals surface area contributed by atoms with Gasteiger partial charge in [-0.25, -0.2) is 4.79 Å². The summed E-state index contributed by atoms with van der Waals surface area (Å²) in [7, 11) is 0. The predicted octanol–water partition coefficient (Wildman–Crippen LogP) is 5.56. The van der Waals surface area contributed by atoms with Crippen LogP contribution >= 0.6 is 0 Å². The molecule has 0 bridgehead atoms. The Balaban J connectivity index is 1.80. The third-order valence-electron chi connectivity index (χ3n) is 4.36. The minimum absolute atomic E-state index is 0.364. The van der Waals surface area contributed by atoms with Crippen molar-refractivity contribution >= 4 is 11.0 Å². The maximum atomic E-state index is 11.3. The van der Waals surface area contributed by atoms with Crippen LogP contribution in [0.15, 0.2) is 74.5 Å². The van der Waals surface area contributed by atoms with Gasteiger partial charge in [0, 0.05) is 17.5 Å². The second-order valence-corrected chi connectivity index (χ2v) is 7.42. The molecule has 0 radical (unpaired) electrons. The molecule has 0 spiro atoms. The molecular formula is C24H30O4. The molecule has 0 aliphatic carbocycles. The maximum Gasteiger partial charge on any atom is 0.336 e. The quantitative estimate of drug-likeness (QED) is 0.455. The summed E-state index contributed by atoms with van der Waals surface area (Å²) < 4.78 is 10.9. The minimum atomic E-state index is -0.405. The summed E-state index contributed by atoms with van der Waals surface area (Å²) >= 11 is 0. The van der Waals surface area contributed by atoms with Gasteiger partial charge in [0.1, 0.15) is 17.9 Å². The molecule has 150 valence electrons. The first-order valence-electron chi connectivity index (χ1n) is 9.64. The Kier molecular flexibility index (Phi) is 8.27. The number of hydrogen-bond donors (Lipinski definition) is 1. The average molecular weight is 383 g/mol. The van der Waals surface area contributed by atoms with E-state index >= 15 is 0 Å². The van der Waals surface area contributed by atoms with Gasteiger partial charge in [-0.2, -0.15) is 0 Å². The zero-order chi connectivity index (χ0) is 20.5. The number of aliphatic hydroxyl groups excluding tert-OH is 1. The second kappa shape index (κ2) is 10.7. The van der Waals surface area contributed by atoms with Gasteiger partial charge in [0.25, 0.3) is 0 Å². The molecule has 1 aromatic carbocycles. The molecule has 0 amide bonds. The molecule has 0 aliphatic heterocycles. The Hall–Kier alpha value is -2.59. The van der Waals surface area contributed by atoms with Gasteiger partial charge in [-0.05, 0) is 71.2 Å². The molecule has 2 rings (SSSR count). The summed E-state index contributed by atoms with van der Waals surface area (Å²) in [5, 5.41) is 10.8. The first-order chi connectivity index (χ1) is 13.3. The number of allylic oxidation sites excluding steroid dienone is 3. The largest absolute Gasteiger partial charge is 0.489 e. The lowest BCUT2D eigenvalue weighted by atomic mass is 10.0. The van der Waals surface area contributed by atoms with Crippen LogP contribution in [-0.4, -0.2) is 17.8 Å². The van der Waals surface area contributed by atoms with Crippen LogP contribution in [0.5, 0.6) is 5.75 Å². The van der Waals surface area contributed by atoms with Gasteiger partial charge in [-0.3, -0.25) is 0 Å². The molecule has 4 heteroatoms. The maximum absolute atomic E-state index is 11.3. The fourth-order valence-electron chi connectivity index (χ4n) is 2.92. The highest BCUT2D eigenvalue weighted by atomic mass is 16.5. The highest BCUT2D eigenvalue weighted by molar-refractivity contribution is 5.77. The minimum Gasteiger partial charge on any atom is -0.489 e. The third-order valence-corrected chi connectivity index (χ3v) is 4.36. The summed E-state index contributed by atoms with van der Waals surface area (Å²) in [6.45, 7) is 8.60. The third kappa shape index (κ3) is 7.57. The lowest BCUT2D eigenvalue weighted by Crippen LogP contribution is -2.03. The Morgan fingerprint density at radius 2 is 1.86 bits per heavy atom. The average Bonchev–Trinajstić information content (AvgIpc) is 2.60. The van der Waals surface area contributed by atoms with Crippen molar-refractivity contribution in [1.82, 2.24) is 0 Å². The Labute approximate surface area is 166 Å². The number of hydrogen-bond acceptors (Lipinski definition) is 4. The molecule has 1 unspecified atom stereocenters. The van der Waals surface area contributed by atoms with Gasteiger partial charge in [-0.15, -0.1) is 0 Å². The first kappa shape index (κ1) is 21.7. The Morgan fingerprint density at radius 3 is 2.61 bits per heavy atom. The van der Waals surface area contributed by atoms with E-state index in [9.17, 15) is 9.90 Å². The van der Waals surface area contributed by atoms with E-state index in [1.54, 1.807) is 12.1 Å². The molecule has 0 aliphatic rings. The van der Waals surface area contributed by atoms with E-state index in [0.29, 0.717) is 24.4 Å². The Morgan fingerprint density at radius 1 is 1.11 bits per heavy atom. The number of fused-ring (bicyclic) bond motifs is 1. The summed E-state index contributed by atoms with van der Waals surface area (Å²) in [5.41, 5.74) is 3.75. The highest BCUT2D eigenvalue weighted by Gasteiger charge is 2.02. The summed E-state index contributed by atoms with van der Waals surface area (Å²) in [6, 6.07) is 8.64. The number of rotatable bonds is 9. The van der Waals surface area contributed by atoms with Gasteiger partial charge in [0.05, 0.1) is 6.10 Å². The van der Waals surface area contributed by atoms with Crippen LogP contribution in [0.3, 0.4) is 0 Å². The van der Waals surface area contributed by atoms with Crippen molar-refractivity contribution in [3.63, 3.8) is 0 Å². The van der Waals surface area contributed by atoms with Crippen LogP contribution < -0.4 is 10.4 Å². The molecule has 1 atom stereocenters. The predicted molar refractivity (Wildman–Crippen MR) is 115 cm³/mol. The zero-order valence-electron chi connectivity index (χ0n) is 17.2. The summed E-state index contributed by atoms with van der Waals surface area (Å²) in [4.78, 5) is 11.3. The smallest absolute Gasteiger partial charge is 0.336 e. The molecule has 0 fully saturated rings. The van der Waals surface area contributed by atoms with Crippen LogP contribution in [0.25, 0.3) is 11.0 Å². The topological polar surface area (TPSA) is 59.7 Å². The van der Waals surface area contributed by atoms with Gasteiger partial charge in [-0.1, -0.05) is 28.9 Å². The van der Waals surface area contributed by atoms with Crippen molar-refractivity contribution in [2.45, 2.75) is 53.1 Å². The van der Waals surface area contributed by atoms with E-state index < -0.39 is 6.10 Å². The lowest BCUT2D eigenvalue weighted by Gasteiger charge is -2.07. The summed E-state index contributed by atoms with van der Waals surface area (Å²) in [5.74, 6) is 0.676. The summed E-state index contributed by atoms with van der Waals surface area (Å²) in [6.07, 6.45) is 8.30. The van der Waals surface area contributed by atoms with Crippen molar-refractivity contribution in [2.75, 3.05) is 6.61 Å². The van der Waals surface area contributed by atoms with Crippen molar-refractivity contribution in [2.24, 2.45) is 0 Å². The van der Waals surface area contributed by atoms with Crippen molar-refractivity contribution in [1.29, 1.82) is 0 Å². The number of benzene rings is 1. The Bertz CT molecular complexity index is 927. The van der Waals surface area contributed by atoms with Crippen LogP contribution in [0, 0.1) is 0 Å². The molecule has 1 heterocycles. The van der Waals surface area contributed by atoms with E-state index in [2.05, 4.69) is 26.0 Å². The fourth-order valence-corrected chi connectivity index (χ4v) is 2.92. The molecule has 2 aromatic rings. The van der Waals surface area contributed by atoms with Crippen molar-refractivity contribution in [3.05, 3.63) is 75.7 Å². The number of aliphatic hydroxyl groups is 1. The van der Waals surface area contributed by atoms with Crippen LogP contribution in [-0.2, 0) is 0 Å².